The van der Waals surface area contributed by atoms with E-state index in [2.05, 4.69) is 45.1 Å². The zero-order valence-electron chi connectivity index (χ0n) is 32.4. The molecule has 0 aliphatic heterocycles. The highest BCUT2D eigenvalue weighted by atomic mass is 16.2. The Balaban J connectivity index is 0.00000237. The Morgan fingerprint density at radius 2 is 1.43 bits per heavy atom. The first-order valence-corrected chi connectivity index (χ1v) is 18.9. The van der Waals surface area contributed by atoms with Gasteiger partial charge in [-0.2, -0.15) is 0 Å². The number of carbonyl (C=O) groups excluding carboxylic acids is 6. The highest BCUT2D eigenvalue weighted by Gasteiger charge is 2.37. The number of amides is 5. The lowest BCUT2D eigenvalue weighted by atomic mass is 9.85. The predicted molar refractivity (Wildman–Crippen MR) is 198 cm³/mol. The largest absolute Gasteiger partial charge is 0.349 e. The summed E-state index contributed by atoms with van der Waals surface area (Å²) in [5.74, 6) is -3.21. The minimum atomic E-state index is -1.03. The fraction of sp³-hybridized carbons (Fsp3) is 0.737. The lowest BCUT2D eigenvalue weighted by molar-refractivity contribution is -0.143. The normalized spacial score (nSPS) is 14.8. The molecule has 51 heavy (non-hydrogen) atoms. The van der Waals surface area contributed by atoms with Gasteiger partial charge in [0.1, 0.15) is 11.7 Å². The van der Waals surface area contributed by atoms with Crippen molar-refractivity contribution in [1.29, 1.82) is 0 Å². The van der Waals surface area contributed by atoms with Gasteiger partial charge in [0.15, 0.2) is 0 Å². The van der Waals surface area contributed by atoms with Crippen molar-refractivity contribution in [2.45, 2.75) is 138 Å². The van der Waals surface area contributed by atoms with Gasteiger partial charge in [-0.3, -0.25) is 33.8 Å². The molecule has 1 aliphatic carbocycles. The van der Waals surface area contributed by atoms with Crippen LogP contribution in [0.3, 0.4) is 0 Å². The summed E-state index contributed by atoms with van der Waals surface area (Å²) in [5.41, 5.74) is -0.704. The van der Waals surface area contributed by atoms with Crippen molar-refractivity contribution in [1.82, 2.24) is 36.1 Å². The number of carbonyl (C=O) groups is 6. The van der Waals surface area contributed by atoms with Crippen molar-refractivity contribution in [3.63, 3.8) is 0 Å². The van der Waals surface area contributed by atoms with E-state index in [4.69, 9.17) is 0 Å². The summed E-state index contributed by atoms with van der Waals surface area (Å²) in [7, 11) is 0. The zero-order valence-corrected chi connectivity index (χ0v) is 32.4. The van der Waals surface area contributed by atoms with Gasteiger partial charge in [-0.15, -0.1) is 0 Å². The van der Waals surface area contributed by atoms with Crippen LogP contribution in [0.4, 0.5) is 0 Å². The quantitative estimate of drug-likeness (QED) is 0.144. The fourth-order valence-electron chi connectivity index (χ4n) is 5.50. The molecular weight excluding hydrogens is 650 g/mol. The van der Waals surface area contributed by atoms with Crippen LogP contribution < -0.4 is 21.3 Å². The number of nitrogens with zero attached hydrogens (tertiary/aromatic N) is 3. The van der Waals surface area contributed by atoms with E-state index in [1.165, 1.54) is 55.6 Å². The number of aromatic nitrogens is 2. The van der Waals surface area contributed by atoms with Crippen LogP contribution in [0.2, 0.25) is 0 Å². The lowest BCUT2D eigenvalue weighted by Gasteiger charge is -2.35. The Morgan fingerprint density at radius 3 is 1.96 bits per heavy atom. The summed E-state index contributed by atoms with van der Waals surface area (Å²) in [4.78, 5) is 87.2. The van der Waals surface area contributed by atoms with Gasteiger partial charge < -0.3 is 26.2 Å². The topological polar surface area (TPSA) is 180 Å². The Bertz CT molecular complexity index is 1230. The summed E-state index contributed by atoms with van der Waals surface area (Å²) in [6.45, 7) is 15.2. The summed E-state index contributed by atoms with van der Waals surface area (Å²) < 4.78 is 0. The van der Waals surface area contributed by atoms with Crippen LogP contribution in [0, 0.1) is 17.3 Å². The van der Waals surface area contributed by atoms with E-state index >= 15 is 0 Å². The van der Waals surface area contributed by atoms with Gasteiger partial charge in [-0.25, -0.2) is 4.98 Å². The Morgan fingerprint density at radius 1 is 0.804 bits per heavy atom. The maximum absolute atomic E-state index is 14.0. The molecule has 4 N–H and O–H groups in total. The Labute approximate surface area is 305 Å². The van der Waals surface area contributed by atoms with Gasteiger partial charge in [-0.05, 0) is 30.1 Å². The second-order valence-electron chi connectivity index (χ2n) is 14.8. The molecule has 13 nitrogen and oxygen atoms in total. The molecular formula is C38H65N7O6. The first-order chi connectivity index (χ1) is 24.1. The second-order valence-corrected chi connectivity index (χ2v) is 14.8. The molecule has 0 spiro atoms. The Hall–Kier alpha value is -3.90. The molecule has 1 aromatic heterocycles. The maximum Gasteiger partial charge on any atom is 0.289 e. The smallest absolute Gasteiger partial charge is 0.289 e. The molecule has 0 radical (unpaired) electrons. The van der Waals surface area contributed by atoms with E-state index in [-0.39, 0.29) is 37.0 Å². The number of nitrogens with one attached hydrogen (secondary N) is 4. The summed E-state index contributed by atoms with van der Waals surface area (Å²) >= 11 is 0. The molecule has 1 aromatic rings. The predicted octanol–water partition coefficient (Wildman–Crippen LogP) is 4.36. The average molecular weight is 716 g/mol. The van der Waals surface area contributed by atoms with E-state index in [0.29, 0.717) is 19.4 Å². The number of Topliss-reactive ketones (excluding diaryl/α,β-unsaturated/α-hetero) is 1. The molecule has 4 atom stereocenters. The van der Waals surface area contributed by atoms with Crippen LogP contribution in [0.5, 0.6) is 0 Å². The highest BCUT2D eigenvalue weighted by molar-refractivity contribution is 6.38. The minimum absolute atomic E-state index is 0.0463. The molecule has 5 amide bonds. The van der Waals surface area contributed by atoms with E-state index in [1.54, 1.807) is 20.8 Å². The molecule has 1 aliphatic rings. The van der Waals surface area contributed by atoms with Gasteiger partial charge in [0, 0.05) is 25.5 Å². The molecule has 1 fully saturated rings. The van der Waals surface area contributed by atoms with Crippen molar-refractivity contribution in [3.05, 3.63) is 24.3 Å². The molecule has 1 heterocycles. The number of ketones is 1. The lowest BCUT2D eigenvalue weighted by Crippen LogP contribution is -2.58. The van der Waals surface area contributed by atoms with E-state index in [1.807, 2.05) is 20.8 Å². The van der Waals surface area contributed by atoms with Gasteiger partial charge in [0.25, 0.3) is 11.8 Å². The zero-order chi connectivity index (χ0) is 38.4. The van der Waals surface area contributed by atoms with Crippen LogP contribution in [-0.4, -0.2) is 88.4 Å². The first kappa shape index (κ1) is 45.1. The standard InChI is InChI=1S/C33H55N7O6.C5H10/c1-9-12-23(5)14-17-40(21-27(42)38-24(13-10-2)28(43)31(45)36-18-22(4)11-3)32(46)29(33(6,7)8)39-26(41)20-37-30(44)25-19-34-15-16-35-25;1-2-4-5-3-1/h15-16,19,22-24,29H,9-14,17-18,20-21H2,1-8H3,(H,36,45)(H,37,44)(H,38,42)(H,39,41);1-5H2/t22?,23-,24?,29?;/m0./s1. The first-order valence-electron chi connectivity index (χ1n) is 18.9. The third-order valence-electron chi connectivity index (χ3n) is 8.95. The molecule has 3 unspecified atom stereocenters. The average Bonchev–Trinajstić information content (AvgIpc) is 3.70. The highest BCUT2D eigenvalue weighted by Crippen LogP contribution is 2.22. The molecule has 288 valence electrons. The van der Waals surface area contributed by atoms with Crippen LogP contribution in [0.15, 0.2) is 18.6 Å². The number of hydrogen-bond donors (Lipinski definition) is 4. The number of hydrogen-bond acceptors (Lipinski definition) is 8. The summed E-state index contributed by atoms with van der Waals surface area (Å²) in [6.07, 6.45) is 15.8. The van der Waals surface area contributed by atoms with Crippen LogP contribution in [0.25, 0.3) is 0 Å². The second kappa shape index (κ2) is 24.3. The third kappa shape index (κ3) is 18.2. The molecule has 0 bridgehead atoms. The SMILES string of the molecule is C1CCCC1.CCCC(NC(=O)CN(CC[C@@H](C)CCC)C(=O)C(NC(=O)CNC(=O)c1cnccn1)C(C)(C)C)C(=O)C(=O)NCC(C)CC. The summed E-state index contributed by atoms with van der Waals surface area (Å²) in [6, 6.07) is -2.05. The van der Waals surface area contributed by atoms with Gasteiger partial charge in [0.2, 0.25) is 23.5 Å². The van der Waals surface area contributed by atoms with E-state index < -0.39 is 59.4 Å². The maximum atomic E-state index is 14.0. The minimum Gasteiger partial charge on any atom is -0.349 e. The van der Waals surface area contributed by atoms with Crippen molar-refractivity contribution in [3.8, 4) is 0 Å². The molecule has 2 rings (SSSR count). The number of rotatable bonds is 20. The van der Waals surface area contributed by atoms with Crippen molar-refractivity contribution < 1.29 is 28.8 Å². The van der Waals surface area contributed by atoms with Gasteiger partial charge in [0.05, 0.1) is 25.3 Å². The molecule has 0 saturated heterocycles. The fourth-order valence-corrected chi connectivity index (χ4v) is 5.50. The molecule has 0 aromatic carbocycles. The third-order valence-corrected chi connectivity index (χ3v) is 8.95. The van der Waals surface area contributed by atoms with Crippen molar-refractivity contribution in [2.24, 2.45) is 17.3 Å². The summed E-state index contributed by atoms with van der Waals surface area (Å²) in [5, 5.41) is 10.5. The molecule has 13 heteroatoms. The van der Waals surface area contributed by atoms with E-state index in [9.17, 15) is 28.8 Å². The van der Waals surface area contributed by atoms with Gasteiger partial charge in [-0.1, -0.05) is 113 Å². The van der Waals surface area contributed by atoms with Crippen LogP contribution in [0.1, 0.15) is 137 Å². The monoisotopic (exact) mass is 715 g/mol. The van der Waals surface area contributed by atoms with Crippen LogP contribution >= 0.6 is 0 Å². The van der Waals surface area contributed by atoms with Gasteiger partial charge >= 0.3 is 0 Å². The Kier molecular flexibility index (Phi) is 21.5. The van der Waals surface area contributed by atoms with Crippen molar-refractivity contribution >= 4 is 35.3 Å². The molecule has 1 saturated carbocycles. The van der Waals surface area contributed by atoms with Crippen LogP contribution in [-0.2, 0) is 24.0 Å². The van der Waals surface area contributed by atoms with Crippen molar-refractivity contribution in [2.75, 3.05) is 26.2 Å². The van der Waals surface area contributed by atoms with E-state index in [0.717, 1.165) is 19.3 Å².